The van der Waals surface area contributed by atoms with Gasteiger partial charge in [-0.15, -0.1) is 10.2 Å². The van der Waals surface area contributed by atoms with Gasteiger partial charge in [0.2, 0.25) is 11.8 Å². The highest BCUT2D eigenvalue weighted by Gasteiger charge is 2.30. The summed E-state index contributed by atoms with van der Waals surface area (Å²) in [6, 6.07) is 1.69. The van der Waals surface area contributed by atoms with E-state index in [-0.39, 0.29) is 17.9 Å². The van der Waals surface area contributed by atoms with Gasteiger partial charge in [-0.05, 0) is 13.0 Å². The summed E-state index contributed by atoms with van der Waals surface area (Å²) in [5.74, 6) is 1.71. The maximum Gasteiger partial charge on any atom is 0.257 e. The number of ether oxygens (including phenoxy) is 1. The van der Waals surface area contributed by atoms with E-state index in [2.05, 4.69) is 10.2 Å². The van der Waals surface area contributed by atoms with Gasteiger partial charge in [0, 0.05) is 12.5 Å². The van der Waals surface area contributed by atoms with Gasteiger partial charge in [0.15, 0.2) is 6.10 Å². The van der Waals surface area contributed by atoms with Crippen molar-refractivity contribution in [2.45, 2.75) is 32.8 Å². The van der Waals surface area contributed by atoms with Crippen molar-refractivity contribution in [3.05, 3.63) is 35.4 Å². The van der Waals surface area contributed by atoms with E-state index in [9.17, 15) is 4.79 Å². The van der Waals surface area contributed by atoms with Crippen LogP contribution in [0.3, 0.4) is 0 Å². The molecule has 1 fully saturated rings. The highest BCUT2D eigenvalue weighted by molar-refractivity contribution is 5.95. The van der Waals surface area contributed by atoms with Gasteiger partial charge in [0.05, 0.1) is 25.0 Å². The predicted molar refractivity (Wildman–Crippen MR) is 76.4 cm³/mol. The fraction of sp³-hybridized carbons (Fsp3) is 0.533. The van der Waals surface area contributed by atoms with Crippen molar-refractivity contribution in [3.63, 3.8) is 0 Å². The fourth-order valence-electron chi connectivity index (χ4n) is 2.37. The molecule has 7 heteroatoms. The van der Waals surface area contributed by atoms with Gasteiger partial charge in [0.25, 0.3) is 5.91 Å². The normalized spacial score (nSPS) is 18.9. The SMILES string of the molecule is Cc1occc1C(=O)N1CCO[C@@H](c2nnc(C(C)C)o2)C1. The first-order valence-electron chi connectivity index (χ1n) is 7.34. The van der Waals surface area contributed by atoms with Gasteiger partial charge in [-0.1, -0.05) is 13.8 Å². The van der Waals surface area contributed by atoms with Gasteiger partial charge in [-0.25, -0.2) is 0 Å². The van der Waals surface area contributed by atoms with Crippen LogP contribution in [0.1, 0.15) is 53.8 Å². The van der Waals surface area contributed by atoms with E-state index in [1.165, 1.54) is 6.26 Å². The van der Waals surface area contributed by atoms with Gasteiger partial charge >= 0.3 is 0 Å². The summed E-state index contributed by atoms with van der Waals surface area (Å²) in [5.41, 5.74) is 0.578. The smallest absolute Gasteiger partial charge is 0.257 e. The van der Waals surface area contributed by atoms with Crippen molar-refractivity contribution in [1.29, 1.82) is 0 Å². The molecule has 7 nitrogen and oxygen atoms in total. The minimum absolute atomic E-state index is 0.0665. The lowest BCUT2D eigenvalue weighted by Gasteiger charge is -2.31. The Balaban J connectivity index is 1.73. The number of hydrogen-bond donors (Lipinski definition) is 0. The van der Waals surface area contributed by atoms with Crippen molar-refractivity contribution in [3.8, 4) is 0 Å². The van der Waals surface area contributed by atoms with E-state index in [0.717, 1.165) is 0 Å². The molecule has 1 atom stereocenters. The lowest BCUT2D eigenvalue weighted by Crippen LogP contribution is -2.42. The van der Waals surface area contributed by atoms with Crippen molar-refractivity contribution in [2.75, 3.05) is 19.7 Å². The van der Waals surface area contributed by atoms with Crippen LogP contribution < -0.4 is 0 Å². The Labute approximate surface area is 128 Å². The minimum atomic E-state index is -0.384. The molecule has 0 bridgehead atoms. The summed E-state index contributed by atoms with van der Waals surface area (Å²) in [5, 5.41) is 8.05. The monoisotopic (exact) mass is 305 g/mol. The molecule has 3 rings (SSSR count). The van der Waals surface area contributed by atoms with Gasteiger partial charge in [-0.2, -0.15) is 0 Å². The topological polar surface area (TPSA) is 81.6 Å². The highest BCUT2D eigenvalue weighted by atomic mass is 16.5. The molecule has 0 radical (unpaired) electrons. The van der Waals surface area contributed by atoms with E-state index in [1.807, 2.05) is 13.8 Å². The summed E-state index contributed by atoms with van der Waals surface area (Å²) in [6.07, 6.45) is 1.14. The molecule has 118 valence electrons. The quantitative estimate of drug-likeness (QED) is 0.865. The summed E-state index contributed by atoms with van der Waals surface area (Å²) >= 11 is 0. The van der Waals surface area contributed by atoms with E-state index < -0.39 is 0 Å². The molecule has 1 aliphatic heterocycles. The second-order valence-corrected chi connectivity index (χ2v) is 5.63. The minimum Gasteiger partial charge on any atom is -0.469 e. The van der Waals surface area contributed by atoms with Crippen LogP contribution in [0.25, 0.3) is 0 Å². The molecule has 0 unspecified atom stereocenters. The number of furan rings is 1. The zero-order valence-electron chi connectivity index (χ0n) is 12.9. The van der Waals surface area contributed by atoms with Crippen LogP contribution in [-0.4, -0.2) is 40.7 Å². The molecule has 1 amide bonds. The number of carbonyl (C=O) groups excluding carboxylic acids is 1. The highest BCUT2D eigenvalue weighted by Crippen LogP contribution is 2.24. The van der Waals surface area contributed by atoms with E-state index in [1.54, 1.807) is 17.9 Å². The number of nitrogens with zero attached hydrogens (tertiary/aromatic N) is 3. The predicted octanol–water partition coefficient (Wildman–Crippen LogP) is 2.31. The third-order valence-corrected chi connectivity index (χ3v) is 3.67. The number of carbonyl (C=O) groups is 1. The summed E-state index contributed by atoms with van der Waals surface area (Å²) in [7, 11) is 0. The first-order chi connectivity index (χ1) is 10.6. The largest absolute Gasteiger partial charge is 0.469 e. The van der Waals surface area contributed by atoms with E-state index in [4.69, 9.17) is 13.6 Å². The van der Waals surface area contributed by atoms with Crippen LogP contribution in [0.5, 0.6) is 0 Å². The van der Waals surface area contributed by atoms with Crippen molar-refractivity contribution >= 4 is 5.91 Å². The number of hydrogen-bond acceptors (Lipinski definition) is 6. The lowest BCUT2D eigenvalue weighted by molar-refractivity contribution is -0.0351. The number of morpholine rings is 1. The average Bonchev–Trinajstić information content (AvgIpc) is 3.15. The molecule has 0 saturated carbocycles. The third kappa shape index (κ3) is 2.76. The molecule has 2 aromatic rings. The van der Waals surface area contributed by atoms with Crippen LogP contribution in [0.15, 0.2) is 21.2 Å². The molecule has 22 heavy (non-hydrogen) atoms. The van der Waals surface area contributed by atoms with Crippen LogP contribution >= 0.6 is 0 Å². The second-order valence-electron chi connectivity index (χ2n) is 5.63. The fourth-order valence-corrected chi connectivity index (χ4v) is 2.37. The molecule has 0 aliphatic carbocycles. The average molecular weight is 305 g/mol. The van der Waals surface area contributed by atoms with E-state index in [0.29, 0.717) is 42.8 Å². The van der Waals surface area contributed by atoms with Crippen molar-refractivity contribution in [1.82, 2.24) is 15.1 Å². The standard InChI is InChI=1S/C15H19N3O4/c1-9(2)13-16-17-14(22-13)12-8-18(5-7-21-12)15(19)11-4-6-20-10(11)3/h4,6,9,12H,5,7-8H2,1-3H3/t12-/m1/s1. The van der Waals surface area contributed by atoms with Crippen LogP contribution in [0, 0.1) is 6.92 Å². The molecule has 0 aromatic carbocycles. The maximum atomic E-state index is 12.5. The van der Waals surface area contributed by atoms with Crippen LogP contribution in [0.4, 0.5) is 0 Å². The number of aromatic nitrogens is 2. The maximum absolute atomic E-state index is 12.5. The number of rotatable bonds is 3. The van der Waals surface area contributed by atoms with Crippen LogP contribution in [0.2, 0.25) is 0 Å². The Morgan fingerprint density at radius 3 is 2.86 bits per heavy atom. The Morgan fingerprint density at radius 2 is 2.23 bits per heavy atom. The van der Waals surface area contributed by atoms with Crippen LogP contribution in [-0.2, 0) is 4.74 Å². The summed E-state index contributed by atoms with van der Waals surface area (Å²) < 4.78 is 16.5. The Kier molecular flexibility index (Phi) is 3.98. The third-order valence-electron chi connectivity index (χ3n) is 3.67. The molecular formula is C15H19N3O4. The molecule has 1 saturated heterocycles. The summed E-state index contributed by atoms with van der Waals surface area (Å²) in [4.78, 5) is 14.2. The van der Waals surface area contributed by atoms with Gasteiger partial charge in [-0.3, -0.25) is 4.79 Å². The summed E-state index contributed by atoms with van der Waals surface area (Å²) in [6.45, 7) is 7.10. The number of aryl methyl sites for hydroxylation is 1. The van der Waals surface area contributed by atoms with E-state index >= 15 is 0 Å². The Hall–Kier alpha value is -2.15. The Morgan fingerprint density at radius 1 is 1.41 bits per heavy atom. The van der Waals surface area contributed by atoms with Crippen molar-refractivity contribution < 1.29 is 18.4 Å². The molecule has 1 aliphatic rings. The second kappa shape index (κ2) is 5.92. The van der Waals surface area contributed by atoms with Crippen molar-refractivity contribution in [2.24, 2.45) is 0 Å². The molecule has 0 N–H and O–H groups in total. The van der Waals surface area contributed by atoms with Gasteiger partial charge < -0.3 is 18.5 Å². The zero-order valence-corrected chi connectivity index (χ0v) is 12.9. The molecule has 0 spiro atoms. The molecule has 3 heterocycles. The number of amides is 1. The molecule has 2 aromatic heterocycles. The first kappa shape index (κ1) is 14.8. The first-order valence-corrected chi connectivity index (χ1v) is 7.34. The Bertz CT molecular complexity index is 661. The zero-order chi connectivity index (χ0) is 15.7. The molecular weight excluding hydrogens is 286 g/mol. The van der Waals surface area contributed by atoms with Gasteiger partial charge in [0.1, 0.15) is 5.76 Å². The lowest BCUT2D eigenvalue weighted by atomic mass is 10.2.